The van der Waals surface area contributed by atoms with E-state index >= 15 is 0 Å². The molecule has 3 aromatic rings. The fourth-order valence-electron chi connectivity index (χ4n) is 3.13. The summed E-state index contributed by atoms with van der Waals surface area (Å²) in [7, 11) is -3.50. The van der Waals surface area contributed by atoms with Crippen LogP contribution in [0.15, 0.2) is 60.7 Å². The number of sulfonamides is 1. The highest BCUT2D eigenvalue weighted by atomic mass is 32.2. The summed E-state index contributed by atoms with van der Waals surface area (Å²) in [6.07, 6.45) is 1.17. The number of benzene rings is 3. The maximum atomic E-state index is 13.5. The second-order valence-electron chi connectivity index (χ2n) is 7.65. The van der Waals surface area contributed by atoms with Crippen LogP contribution in [-0.4, -0.2) is 20.6 Å². The van der Waals surface area contributed by atoms with Crippen molar-refractivity contribution in [1.29, 1.82) is 0 Å². The summed E-state index contributed by atoms with van der Waals surface area (Å²) in [6.45, 7) is 5.84. The third kappa shape index (κ3) is 5.49. The van der Waals surface area contributed by atoms with Gasteiger partial charge >= 0.3 is 0 Å². The topological polar surface area (TPSA) is 66.5 Å². The van der Waals surface area contributed by atoms with Crippen LogP contribution in [-0.2, 0) is 16.6 Å². The second kappa shape index (κ2) is 8.89. The van der Waals surface area contributed by atoms with E-state index in [0.717, 1.165) is 22.3 Å². The largest absolute Gasteiger partial charge is 0.322 e. The summed E-state index contributed by atoms with van der Waals surface area (Å²) in [5, 5.41) is 2.70. The molecule has 0 aromatic heterocycles. The Kier molecular flexibility index (Phi) is 6.45. The van der Waals surface area contributed by atoms with Crippen LogP contribution < -0.4 is 9.62 Å². The van der Waals surface area contributed by atoms with Crippen LogP contribution in [0.5, 0.6) is 0 Å². The molecule has 0 saturated heterocycles. The number of rotatable bonds is 6. The van der Waals surface area contributed by atoms with Crippen molar-refractivity contribution in [3.05, 3.63) is 94.3 Å². The number of carbonyl (C=O) groups excluding carboxylic acids is 1. The van der Waals surface area contributed by atoms with E-state index in [1.165, 1.54) is 22.7 Å². The third-order valence-electron chi connectivity index (χ3n) is 5.17. The van der Waals surface area contributed by atoms with Crippen LogP contribution in [0.3, 0.4) is 0 Å². The van der Waals surface area contributed by atoms with Crippen molar-refractivity contribution < 1.29 is 17.6 Å². The Morgan fingerprint density at radius 1 is 0.903 bits per heavy atom. The number of aryl methyl sites for hydroxylation is 3. The van der Waals surface area contributed by atoms with E-state index in [9.17, 15) is 17.6 Å². The van der Waals surface area contributed by atoms with Crippen LogP contribution in [0.4, 0.5) is 15.8 Å². The van der Waals surface area contributed by atoms with Gasteiger partial charge in [-0.2, -0.15) is 0 Å². The monoisotopic (exact) mass is 440 g/mol. The minimum absolute atomic E-state index is 0.145. The van der Waals surface area contributed by atoms with Gasteiger partial charge in [0.1, 0.15) is 5.82 Å². The van der Waals surface area contributed by atoms with Crippen LogP contribution in [0.1, 0.15) is 32.6 Å². The molecule has 0 heterocycles. The Morgan fingerprint density at radius 2 is 1.55 bits per heavy atom. The number of nitrogens with zero attached hydrogens (tertiary/aromatic N) is 1. The van der Waals surface area contributed by atoms with Crippen molar-refractivity contribution >= 4 is 27.3 Å². The zero-order chi connectivity index (χ0) is 22.8. The Bertz CT molecular complexity index is 1220. The second-order valence-corrected chi connectivity index (χ2v) is 9.56. The number of hydrogen-bond acceptors (Lipinski definition) is 3. The molecular weight excluding hydrogens is 415 g/mol. The lowest BCUT2D eigenvalue weighted by Crippen LogP contribution is -2.29. The highest BCUT2D eigenvalue weighted by molar-refractivity contribution is 7.92. The smallest absolute Gasteiger partial charge is 0.255 e. The molecule has 0 bridgehead atoms. The predicted octanol–water partition coefficient (Wildman–Crippen LogP) is 4.97. The standard InChI is InChI=1S/C24H25FN2O3S/c1-16-6-12-22(13-18(16)3)27(31(4,29)30)15-19-7-9-20(10-8-19)24(28)26-23-14-21(25)11-5-17(23)2/h5-14H,15H2,1-4H3,(H,26,28). The fraction of sp³-hybridized carbons (Fsp3) is 0.208. The number of nitrogens with one attached hydrogen (secondary N) is 1. The van der Waals surface area contributed by atoms with Gasteiger partial charge in [0.15, 0.2) is 0 Å². The first kappa shape index (κ1) is 22.5. The van der Waals surface area contributed by atoms with Gasteiger partial charge in [-0.25, -0.2) is 12.8 Å². The van der Waals surface area contributed by atoms with Crippen molar-refractivity contribution in [2.75, 3.05) is 15.9 Å². The lowest BCUT2D eigenvalue weighted by Gasteiger charge is -2.23. The molecule has 1 amide bonds. The Balaban J connectivity index is 1.80. The van der Waals surface area contributed by atoms with Gasteiger partial charge in [-0.1, -0.05) is 24.3 Å². The van der Waals surface area contributed by atoms with E-state index in [1.54, 1.807) is 43.3 Å². The van der Waals surface area contributed by atoms with Crippen LogP contribution in [0.2, 0.25) is 0 Å². The quantitative estimate of drug-likeness (QED) is 0.589. The van der Waals surface area contributed by atoms with Gasteiger partial charge in [-0.3, -0.25) is 9.10 Å². The van der Waals surface area contributed by atoms with E-state index in [1.807, 2.05) is 26.0 Å². The first-order chi connectivity index (χ1) is 14.5. The lowest BCUT2D eigenvalue weighted by molar-refractivity contribution is 0.102. The molecule has 0 saturated carbocycles. The summed E-state index contributed by atoms with van der Waals surface area (Å²) in [5.41, 5.74) is 4.98. The molecule has 0 spiro atoms. The zero-order valence-electron chi connectivity index (χ0n) is 17.9. The fourth-order valence-corrected chi connectivity index (χ4v) is 4.01. The minimum Gasteiger partial charge on any atom is -0.322 e. The van der Waals surface area contributed by atoms with Gasteiger partial charge in [-0.05, 0) is 79.4 Å². The molecule has 3 rings (SSSR count). The maximum Gasteiger partial charge on any atom is 0.255 e. The molecule has 0 aliphatic heterocycles. The molecule has 0 unspecified atom stereocenters. The molecule has 0 fully saturated rings. The molecule has 31 heavy (non-hydrogen) atoms. The molecule has 0 radical (unpaired) electrons. The highest BCUT2D eigenvalue weighted by Gasteiger charge is 2.19. The van der Waals surface area contributed by atoms with Gasteiger partial charge in [0.05, 0.1) is 18.5 Å². The van der Waals surface area contributed by atoms with E-state index < -0.39 is 15.8 Å². The molecule has 7 heteroatoms. The molecule has 1 N–H and O–H groups in total. The van der Waals surface area contributed by atoms with Crippen molar-refractivity contribution in [2.24, 2.45) is 0 Å². The van der Waals surface area contributed by atoms with Gasteiger partial charge in [0.25, 0.3) is 5.91 Å². The van der Waals surface area contributed by atoms with Gasteiger partial charge in [-0.15, -0.1) is 0 Å². The Labute approximate surface area is 182 Å². The first-order valence-electron chi connectivity index (χ1n) is 9.76. The number of carbonyl (C=O) groups is 1. The van der Waals surface area contributed by atoms with Gasteiger partial charge in [0.2, 0.25) is 10.0 Å². The highest BCUT2D eigenvalue weighted by Crippen LogP contribution is 2.24. The first-order valence-corrected chi connectivity index (χ1v) is 11.6. The molecule has 5 nitrogen and oxygen atoms in total. The van der Waals surface area contributed by atoms with Crippen molar-refractivity contribution in [2.45, 2.75) is 27.3 Å². The summed E-state index contributed by atoms with van der Waals surface area (Å²) in [4.78, 5) is 12.5. The van der Waals surface area contributed by atoms with Crippen LogP contribution >= 0.6 is 0 Å². The zero-order valence-corrected chi connectivity index (χ0v) is 18.8. The van der Waals surface area contributed by atoms with E-state index in [0.29, 0.717) is 16.9 Å². The van der Waals surface area contributed by atoms with Crippen molar-refractivity contribution in [3.63, 3.8) is 0 Å². The van der Waals surface area contributed by atoms with E-state index in [2.05, 4.69) is 5.32 Å². The molecule has 0 aliphatic rings. The van der Waals surface area contributed by atoms with Crippen LogP contribution in [0.25, 0.3) is 0 Å². The van der Waals surface area contributed by atoms with Crippen LogP contribution in [0, 0.1) is 26.6 Å². The summed E-state index contributed by atoms with van der Waals surface area (Å²) < 4.78 is 39.6. The normalized spacial score (nSPS) is 11.3. The Morgan fingerprint density at radius 3 is 2.16 bits per heavy atom. The molecular formula is C24H25FN2O3S. The number of amides is 1. The SMILES string of the molecule is Cc1ccc(N(Cc2ccc(C(=O)Nc3cc(F)ccc3C)cc2)S(C)(=O)=O)cc1C. The minimum atomic E-state index is -3.50. The van der Waals surface area contributed by atoms with E-state index in [4.69, 9.17) is 0 Å². The van der Waals surface area contributed by atoms with E-state index in [-0.39, 0.29) is 12.5 Å². The maximum absolute atomic E-state index is 13.5. The van der Waals surface area contributed by atoms with Crippen molar-refractivity contribution in [1.82, 2.24) is 0 Å². The predicted molar refractivity (Wildman–Crippen MR) is 122 cm³/mol. The average Bonchev–Trinajstić information content (AvgIpc) is 2.70. The molecule has 0 atom stereocenters. The molecule has 3 aromatic carbocycles. The number of hydrogen-bond donors (Lipinski definition) is 1. The summed E-state index contributed by atoms with van der Waals surface area (Å²) in [5.74, 6) is -0.794. The third-order valence-corrected chi connectivity index (χ3v) is 6.31. The lowest BCUT2D eigenvalue weighted by atomic mass is 10.1. The van der Waals surface area contributed by atoms with Crippen molar-refractivity contribution in [3.8, 4) is 0 Å². The molecule has 162 valence electrons. The molecule has 0 aliphatic carbocycles. The van der Waals surface area contributed by atoms with Gasteiger partial charge in [0, 0.05) is 11.3 Å². The Hall–Kier alpha value is -3.19. The average molecular weight is 441 g/mol. The summed E-state index contributed by atoms with van der Waals surface area (Å²) >= 11 is 0. The number of anilines is 2. The number of halogens is 1. The van der Waals surface area contributed by atoms with Gasteiger partial charge < -0.3 is 5.32 Å². The summed E-state index contributed by atoms with van der Waals surface area (Å²) in [6, 6.07) is 16.4.